The maximum Gasteiger partial charge on any atom is 0.338 e. The number of carbonyl (C=O) groups excluding carboxylic acids is 2. The lowest BCUT2D eigenvalue weighted by Crippen LogP contribution is -2.30. The first-order valence-electron chi connectivity index (χ1n) is 6.91. The topological polar surface area (TPSA) is 64.6 Å². The van der Waals surface area contributed by atoms with Crippen molar-refractivity contribution in [2.24, 2.45) is 0 Å². The first kappa shape index (κ1) is 16.5. The number of rotatable bonds is 5. The average Bonchev–Trinajstić information content (AvgIpc) is 2.56. The van der Waals surface area contributed by atoms with Gasteiger partial charge in [-0.25, -0.2) is 9.18 Å². The van der Waals surface area contributed by atoms with Gasteiger partial charge in [-0.15, -0.1) is 0 Å². The summed E-state index contributed by atoms with van der Waals surface area (Å²) in [5.74, 6) is -0.946. The van der Waals surface area contributed by atoms with E-state index in [2.05, 4.69) is 5.32 Å². The smallest absolute Gasteiger partial charge is 0.338 e. The third kappa shape index (κ3) is 4.54. The Hall–Kier alpha value is -2.89. The van der Waals surface area contributed by atoms with Crippen molar-refractivity contribution in [3.8, 4) is 5.75 Å². The molecule has 0 aliphatic carbocycles. The zero-order chi connectivity index (χ0) is 16.8. The molecule has 2 rings (SSSR count). The fourth-order valence-electron chi connectivity index (χ4n) is 1.79. The van der Waals surface area contributed by atoms with Crippen LogP contribution in [0.3, 0.4) is 0 Å². The SMILES string of the molecule is COc1ccc(NC(=O)[C@H](C)OC(=O)c2ccc(F)cc2)cc1. The molecule has 0 bridgehead atoms. The summed E-state index contributed by atoms with van der Waals surface area (Å²) in [6.45, 7) is 1.46. The second-order valence-electron chi connectivity index (χ2n) is 4.77. The number of ether oxygens (including phenoxy) is 2. The van der Waals surface area contributed by atoms with Crippen molar-refractivity contribution in [2.45, 2.75) is 13.0 Å². The number of hydrogen-bond acceptors (Lipinski definition) is 4. The van der Waals surface area contributed by atoms with Crippen LogP contribution in [-0.2, 0) is 9.53 Å². The van der Waals surface area contributed by atoms with Gasteiger partial charge in [0.15, 0.2) is 6.10 Å². The lowest BCUT2D eigenvalue weighted by molar-refractivity contribution is -0.123. The van der Waals surface area contributed by atoms with Crippen LogP contribution in [0.2, 0.25) is 0 Å². The molecule has 0 heterocycles. The van der Waals surface area contributed by atoms with Crippen molar-refractivity contribution in [2.75, 3.05) is 12.4 Å². The van der Waals surface area contributed by atoms with Crippen LogP contribution in [-0.4, -0.2) is 25.1 Å². The predicted octanol–water partition coefficient (Wildman–Crippen LogP) is 3.02. The summed E-state index contributed by atoms with van der Waals surface area (Å²) in [6.07, 6.45) is -0.991. The Morgan fingerprint density at radius 2 is 1.65 bits per heavy atom. The molecular weight excluding hydrogens is 301 g/mol. The molecule has 0 aliphatic heterocycles. The molecule has 0 spiro atoms. The number of halogens is 1. The number of methoxy groups -OCH3 is 1. The van der Waals surface area contributed by atoms with Crippen LogP contribution in [0.25, 0.3) is 0 Å². The first-order valence-corrected chi connectivity index (χ1v) is 6.91. The fourth-order valence-corrected chi connectivity index (χ4v) is 1.79. The summed E-state index contributed by atoms with van der Waals surface area (Å²) in [5, 5.41) is 2.63. The van der Waals surface area contributed by atoms with Crippen LogP contribution in [0.5, 0.6) is 5.75 Å². The standard InChI is InChI=1S/C17H16FNO4/c1-11(23-17(21)12-3-5-13(18)6-4-12)16(20)19-14-7-9-15(22-2)10-8-14/h3-11H,1-2H3,(H,19,20)/t11-/m0/s1. The molecule has 5 nitrogen and oxygen atoms in total. The Labute approximate surface area is 133 Å². The van der Waals surface area contributed by atoms with E-state index in [4.69, 9.17) is 9.47 Å². The van der Waals surface area contributed by atoms with Gasteiger partial charge in [-0.3, -0.25) is 4.79 Å². The van der Waals surface area contributed by atoms with Gasteiger partial charge in [0.25, 0.3) is 5.91 Å². The third-order valence-electron chi connectivity index (χ3n) is 3.09. The molecule has 0 aromatic heterocycles. The van der Waals surface area contributed by atoms with Gasteiger partial charge in [0.1, 0.15) is 11.6 Å². The highest BCUT2D eigenvalue weighted by atomic mass is 19.1. The van der Waals surface area contributed by atoms with Gasteiger partial charge in [-0.05, 0) is 55.5 Å². The van der Waals surface area contributed by atoms with Crippen molar-refractivity contribution in [1.29, 1.82) is 0 Å². The summed E-state index contributed by atoms with van der Waals surface area (Å²) < 4.78 is 22.9. The van der Waals surface area contributed by atoms with E-state index in [1.165, 1.54) is 19.1 Å². The maximum atomic E-state index is 12.8. The first-order chi connectivity index (χ1) is 11.0. The second-order valence-corrected chi connectivity index (χ2v) is 4.77. The van der Waals surface area contributed by atoms with E-state index >= 15 is 0 Å². The average molecular weight is 317 g/mol. The fraction of sp³-hybridized carbons (Fsp3) is 0.176. The summed E-state index contributed by atoms with van der Waals surface area (Å²) in [5.41, 5.74) is 0.732. The molecule has 2 aromatic rings. The van der Waals surface area contributed by atoms with Crippen LogP contribution in [0, 0.1) is 5.82 Å². The normalized spacial score (nSPS) is 11.4. The summed E-state index contributed by atoms with van der Waals surface area (Å²) in [4.78, 5) is 23.9. The number of hydrogen-bond donors (Lipinski definition) is 1. The van der Waals surface area contributed by atoms with Gasteiger partial charge in [0.2, 0.25) is 0 Å². The minimum atomic E-state index is -0.991. The highest BCUT2D eigenvalue weighted by Crippen LogP contribution is 2.15. The van der Waals surface area contributed by atoms with Gasteiger partial charge in [-0.2, -0.15) is 0 Å². The Kier molecular flexibility index (Phi) is 5.30. The van der Waals surface area contributed by atoms with Gasteiger partial charge in [0.05, 0.1) is 12.7 Å². The molecule has 0 unspecified atom stereocenters. The molecule has 6 heteroatoms. The molecule has 0 saturated heterocycles. The zero-order valence-corrected chi connectivity index (χ0v) is 12.7. The minimum Gasteiger partial charge on any atom is -0.497 e. The van der Waals surface area contributed by atoms with Gasteiger partial charge >= 0.3 is 5.97 Å². The molecule has 0 aliphatic rings. The molecule has 0 saturated carbocycles. The van der Waals surface area contributed by atoms with Gasteiger partial charge in [-0.1, -0.05) is 0 Å². The number of amides is 1. The molecule has 1 amide bonds. The van der Waals surface area contributed by atoms with Crippen LogP contribution in [0.1, 0.15) is 17.3 Å². The number of nitrogens with one attached hydrogen (secondary N) is 1. The zero-order valence-electron chi connectivity index (χ0n) is 12.7. The van der Waals surface area contributed by atoms with Crippen LogP contribution >= 0.6 is 0 Å². The number of benzene rings is 2. The van der Waals surface area contributed by atoms with Crippen LogP contribution in [0.15, 0.2) is 48.5 Å². The molecule has 23 heavy (non-hydrogen) atoms. The second kappa shape index (κ2) is 7.40. The third-order valence-corrected chi connectivity index (χ3v) is 3.09. The number of anilines is 1. The van der Waals surface area contributed by atoms with E-state index in [0.29, 0.717) is 11.4 Å². The molecule has 120 valence electrons. The van der Waals surface area contributed by atoms with E-state index in [0.717, 1.165) is 12.1 Å². The summed E-state index contributed by atoms with van der Waals surface area (Å²) >= 11 is 0. The van der Waals surface area contributed by atoms with Crippen LogP contribution in [0.4, 0.5) is 10.1 Å². The Balaban J connectivity index is 1.93. The van der Waals surface area contributed by atoms with E-state index in [1.807, 2.05) is 0 Å². The Morgan fingerprint density at radius 3 is 2.22 bits per heavy atom. The molecule has 1 atom stereocenters. The number of esters is 1. The molecule has 0 fully saturated rings. The number of carbonyl (C=O) groups is 2. The molecular formula is C17H16FNO4. The molecule has 1 N–H and O–H groups in total. The lowest BCUT2D eigenvalue weighted by atomic mass is 10.2. The monoisotopic (exact) mass is 317 g/mol. The van der Waals surface area contributed by atoms with E-state index in [9.17, 15) is 14.0 Å². The lowest BCUT2D eigenvalue weighted by Gasteiger charge is -2.13. The molecule has 2 aromatic carbocycles. The maximum absolute atomic E-state index is 12.8. The van der Waals surface area contributed by atoms with Gasteiger partial charge in [0, 0.05) is 5.69 Å². The largest absolute Gasteiger partial charge is 0.497 e. The summed E-state index contributed by atoms with van der Waals surface area (Å²) in [6, 6.07) is 11.6. The quantitative estimate of drug-likeness (QED) is 0.861. The highest BCUT2D eigenvalue weighted by Gasteiger charge is 2.19. The Morgan fingerprint density at radius 1 is 1.04 bits per heavy atom. The van der Waals surface area contributed by atoms with Crippen molar-refractivity contribution in [3.05, 3.63) is 59.9 Å². The van der Waals surface area contributed by atoms with E-state index < -0.39 is 23.8 Å². The van der Waals surface area contributed by atoms with Crippen molar-refractivity contribution in [1.82, 2.24) is 0 Å². The van der Waals surface area contributed by atoms with E-state index in [1.54, 1.807) is 31.4 Å². The Bertz CT molecular complexity index is 683. The highest BCUT2D eigenvalue weighted by molar-refractivity contribution is 5.97. The van der Waals surface area contributed by atoms with Crippen molar-refractivity contribution in [3.63, 3.8) is 0 Å². The van der Waals surface area contributed by atoms with Crippen molar-refractivity contribution >= 4 is 17.6 Å². The van der Waals surface area contributed by atoms with Crippen LogP contribution < -0.4 is 10.1 Å². The summed E-state index contributed by atoms with van der Waals surface area (Å²) in [7, 11) is 1.55. The van der Waals surface area contributed by atoms with Crippen molar-refractivity contribution < 1.29 is 23.5 Å². The van der Waals surface area contributed by atoms with E-state index in [-0.39, 0.29) is 5.56 Å². The van der Waals surface area contributed by atoms with Gasteiger partial charge < -0.3 is 14.8 Å². The molecule has 0 radical (unpaired) electrons. The predicted molar refractivity (Wildman–Crippen MR) is 82.9 cm³/mol. The minimum absolute atomic E-state index is 0.176.